The molecule has 50 valence electrons. The lowest BCUT2D eigenvalue weighted by molar-refractivity contribution is -0.122. The van der Waals surface area contributed by atoms with E-state index in [4.69, 9.17) is 5.73 Å². The summed E-state index contributed by atoms with van der Waals surface area (Å²) < 4.78 is 0. The van der Waals surface area contributed by atoms with Gasteiger partial charge in [-0.3, -0.25) is 9.59 Å². The first-order chi connectivity index (χ1) is 4.16. The summed E-state index contributed by atoms with van der Waals surface area (Å²) in [5.41, 5.74) is 4.71. The van der Waals surface area contributed by atoms with E-state index in [1.165, 1.54) is 0 Å². The van der Waals surface area contributed by atoms with E-state index in [-0.39, 0.29) is 6.54 Å². The first-order valence-corrected chi connectivity index (χ1v) is 2.35. The first-order valence-electron chi connectivity index (χ1n) is 2.35. The van der Waals surface area contributed by atoms with E-state index in [1.54, 1.807) is 0 Å². The maximum Gasteiger partial charge on any atom is 0.243 e. The molecule has 0 spiro atoms. The summed E-state index contributed by atoms with van der Waals surface area (Å²) >= 11 is 0. The number of carbonyl (C=O) groups excluding carboxylic acids is 2. The van der Waals surface area contributed by atoms with Gasteiger partial charge in [-0.15, -0.1) is 0 Å². The molecule has 0 aliphatic carbocycles. The number of hydrogen-bond acceptors (Lipinski definition) is 2. The quantitative estimate of drug-likeness (QED) is 0.467. The van der Waals surface area contributed by atoms with Gasteiger partial charge in [-0.1, -0.05) is 6.58 Å². The Kier molecular flexibility index (Phi) is 3.12. The summed E-state index contributed by atoms with van der Waals surface area (Å²) in [5, 5.41) is 2.20. The molecule has 4 heteroatoms. The van der Waals surface area contributed by atoms with Crippen LogP contribution in [-0.4, -0.2) is 18.4 Å². The molecule has 0 bridgehead atoms. The van der Waals surface area contributed by atoms with Crippen LogP contribution < -0.4 is 11.1 Å². The number of nitrogens with one attached hydrogen (secondary N) is 1. The first kappa shape index (κ1) is 7.68. The molecule has 4 nitrogen and oxygen atoms in total. The third-order valence-electron chi connectivity index (χ3n) is 0.622. The summed E-state index contributed by atoms with van der Waals surface area (Å²) in [4.78, 5) is 20.3. The normalized spacial score (nSPS) is 8.00. The Morgan fingerprint density at radius 3 is 2.56 bits per heavy atom. The largest absolute Gasteiger partial charge is 0.368 e. The monoisotopic (exact) mass is 128 g/mol. The molecule has 9 heavy (non-hydrogen) atoms. The summed E-state index contributed by atoms with van der Waals surface area (Å²) in [6.07, 6.45) is 1.07. The zero-order valence-electron chi connectivity index (χ0n) is 4.89. The zero-order valence-corrected chi connectivity index (χ0v) is 4.89. The van der Waals surface area contributed by atoms with Gasteiger partial charge >= 0.3 is 0 Å². The van der Waals surface area contributed by atoms with Crippen molar-refractivity contribution in [3.05, 3.63) is 12.7 Å². The van der Waals surface area contributed by atoms with Crippen LogP contribution in [0.25, 0.3) is 0 Å². The lowest BCUT2D eigenvalue weighted by Gasteiger charge is -1.94. The number of nitrogens with two attached hydrogens (primary N) is 1. The molecule has 0 saturated carbocycles. The Labute approximate surface area is 52.7 Å². The van der Waals surface area contributed by atoms with Crippen molar-refractivity contribution < 1.29 is 9.59 Å². The summed E-state index contributed by atoms with van der Waals surface area (Å²) in [6.45, 7) is 3.04. The SMILES string of the molecule is C=CC(=O)NCC(N)=O. The topological polar surface area (TPSA) is 72.2 Å². The van der Waals surface area contributed by atoms with Crippen LogP contribution in [0.1, 0.15) is 0 Å². The number of rotatable bonds is 3. The highest BCUT2D eigenvalue weighted by Gasteiger charge is 1.94. The van der Waals surface area contributed by atoms with E-state index in [0.29, 0.717) is 0 Å². The van der Waals surface area contributed by atoms with Crippen LogP contribution in [-0.2, 0) is 9.59 Å². The molecule has 0 aromatic heterocycles. The number of amides is 2. The summed E-state index contributed by atoms with van der Waals surface area (Å²) in [6, 6.07) is 0. The van der Waals surface area contributed by atoms with Gasteiger partial charge in [0.25, 0.3) is 0 Å². The fraction of sp³-hybridized carbons (Fsp3) is 0.200. The Morgan fingerprint density at radius 2 is 2.22 bits per heavy atom. The molecular weight excluding hydrogens is 120 g/mol. The lowest BCUT2D eigenvalue weighted by Crippen LogP contribution is -2.31. The van der Waals surface area contributed by atoms with Crippen molar-refractivity contribution in [2.24, 2.45) is 5.73 Å². The van der Waals surface area contributed by atoms with Crippen LogP contribution in [0.3, 0.4) is 0 Å². The molecule has 0 heterocycles. The van der Waals surface area contributed by atoms with Gasteiger partial charge in [0.05, 0.1) is 6.54 Å². The zero-order chi connectivity index (χ0) is 7.28. The van der Waals surface area contributed by atoms with Crippen LogP contribution in [0.5, 0.6) is 0 Å². The molecule has 0 unspecified atom stereocenters. The average molecular weight is 128 g/mol. The average Bonchev–Trinajstić information content (AvgIpc) is 1.83. The second kappa shape index (κ2) is 3.65. The molecule has 2 amide bonds. The minimum atomic E-state index is -0.565. The van der Waals surface area contributed by atoms with Crippen molar-refractivity contribution >= 4 is 11.8 Å². The van der Waals surface area contributed by atoms with Gasteiger partial charge in [0.2, 0.25) is 11.8 Å². The van der Waals surface area contributed by atoms with Gasteiger partial charge in [0.1, 0.15) is 0 Å². The predicted molar refractivity (Wildman–Crippen MR) is 32.4 cm³/mol. The van der Waals surface area contributed by atoms with Crippen LogP contribution >= 0.6 is 0 Å². The lowest BCUT2D eigenvalue weighted by atomic mass is 10.5. The Morgan fingerprint density at radius 1 is 1.67 bits per heavy atom. The molecule has 0 atom stereocenters. The summed E-state index contributed by atoms with van der Waals surface area (Å²) in [5.74, 6) is -0.959. The van der Waals surface area contributed by atoms with Crippen molar-refractivity contribution in [1.82, 2.24) is 5.32 Å². The van der Waals surface area contributed by atoms with Crippen molar-refractivity contribution in [3.63, 3.8) is 0 Å². The highest BCUT2D eigenvalue weighted by Crippen LogP contribution is 1.63. The van der Waals surface area contributed by atoms with Gasteiger partial charge in [0.15, 0.2) is 0 Å². The maximum absolute atomic E-state index is 10.3. The fourth-order valence-corrected chi connectivity index (χ4v) is 0.246. The minimum absolute atomic E-state index is 0.134. The maximum atomic E-state index is 10.3. The molecular formula is C5H8N2O2. The smallest absolute Gasteiger partial charge is 0.243 e. The van der Waals surface area contributed by atoms with Crippen molar-refractivity contribution in [2.45, 2.75) is 0 Å². The standard InChI is InChI=1S/C5H8N2O2/c1-2-5(9)7-3-4(6)8/h2H,1,3H2,(H2,6,8)(H,7,9). The van der Waals surface area contributed by atoms with Crippen LogP contribution in [0.15, 0.2) is 12.7 Å². The van der Waals surface area contributed by atoms with Gasteiger partial charge < -0.3 is 11.1 Å². The number of carbonyl (C=O) groups is 2. The second-order valence-corrected chi connectivity index (χ2v) is 1.39. The molecule has 0 fully saturated rings. The van der Waals surface area contributed by atoms with E-state index < -0.39 is 11.8 Å². The van der Waals surface area contributed by atoms with Gasteiger partial charge in [-0.2, -0.15) is 0 Å². The Balaban J connectivity index is 3.39. The predicted octanol–water partition coefficient (Wildman–Crippen LogP) is -1.23. The van der Waals surface area contributed by atoms with Crippen molar-refractivity contribution in [2.75, 3.05) is 6.54 Å². The fourth-order valence-electron chi connectivity index (χ4n) is 0.246. The van der Waals surface area contributed by atoms with E-state index in [1.807, 2.05) is 0 Å². The molecule has 0 aromatic rings. The highest BCUT2D eigenvalue weighted by atomic mass is 16.2. The van der Waals surface area contributed by atoms with E-state index >= 15 is 0 Å². The second-order valence-electron chi connectivity index (χ2n) is 1.39. The van der Waals surface area contributed by atoms with Crippen LogP contribution in [0, 0.1) is 0 Å². The molecule has 0 radical (unpaired) electrons. The molecule has 0 aliphatic heterocycles. The molecule has 3 N–H and O–H groups in total. The van der Waals surface area contributed by atoms with E-state index in [9.17, 15) is 9.59 Å². The number of primary amides is 1. The van der Waals surface area contributed by atoms with Crippen LogP contribution in [0.4, 0.5) is 0 Å². The Hall–Kier alpha value is -1.32. The molecule has 0 saturated heterocycles. The third-order valence-corrected chi connectivity index (χ3v) is 0.622. The minimum Gasteiger partial charge on any atom is -0.368 e. The van der Waals surface area contributed by atoms with E-state index in [0.717, 1.165) is 6.08 Å². The van der Waals surface area contributed by atoms with Crippen molar-refractivity contribution in [1.29, 1.82) is 0 Å². The molecule has 0 rings (SSSR count). The van der Waals surface area contributed by atoms with E-state index in [2.05, 4.69) is 11.9 Å². The molecule has 0 aliphatic rings. The van der Waals surface area contributed by atoms with Crippen molar-refractivity contribution in [3.8, 4) is 0 Å². The third kappa shape index (κ3) is 4.53. The molecule has 0 aromatic carbocycles. The van der Waals surface area contributed by atoms with Crippen LogP contribution in [0.2, 0.25) is 0 Å². The van der Waals surface area contributed by atoms with Gasteiger partial charge in [0, 0.05) is 0 Å². The summed E-state index contributed by atoms with van der Waals surface area (Å²) in [7, 11) is 0. The van der Waals surface area contributed by atoms with Gasteiger partial charge in [-0.05, 0) is 6.08 Å². The van der Waals surface area contributed by atoms with Gasteiger partial charge in [-0.25, -0.2) is 0 Å². The Bertz CT molecular complexity index is 142. The highest BCUT2D eigenvalue weighted by molar-refractivity contribution is 5.90. The number of hydrogen-bond donors (Lipinski definition) is 2.